The van der Waals surface area contributed by atoms with Gasteiger partial charge in [0.25, 0.3) is 0 Å². The minimum absolute atomic E-state index is 0.358. The second-order valence-electron chi connectivity index (χ2n) is 5.36. The van der Waals surface area contributed by atoms with Crippen LogP contribution in [0.1, 0.15) is 56.9 Å². The summed E-state index contributed by atoms with van der Waals surface area (Å²) in [5.74, 6) is 1.65. The van der Waals surface area contributed by atoms with Gasteiger partial charge in [-0.1, -0.05) is 38.0 Å². The molecule has 0 bridgehead atoms. The van der Waals surface area contributed by atoms with E-state index in [1.807, 2.05) is 0 Å². The van der Waals surface area contributed by atoms with E-state index in [9.17, 15) is 0 Å². The number of ether oxygens (including phenoxy) is 1. The summed E-state index contributed by atoms with van der Waals surface area (Å²) in [6.07, 6.45) is 7.15. The molecule has 0 aromatic heterocycles. The Morgan fingerprint density at radius 1 is 1.22 bits per heavy atom. The average Bonchev–Trinajstić information content (AvgIpc) is 2.61. The highest BCUT2D eigenvalue weighted by Crippen LogP contribution is 2.36. The van der Waals surface area contributed by atoms with Gasteiger partial charge in [-0.25, -0.2) is 0 Å². The SMILES string of the molecule is CCCOc1ccccc1C1CCCCC(N)C1. The molecule has 2 unspecified atom stereocenters. The van der Waals surface area contributed by atoms with Gasteiger partial charge >= 0.3 is 0 Å². The Kier molecular flexibility index (Phi) is 5.06. The first-order valence-corrected chi connectivity index (χ1v) is 7.28. The quantitative estimate of drug-likeness (QED) is 0.820. The number of para-hydroxylation sites is 1. The van der Waals surface area contributed by atoms with Crippen LogP contribution in [-0.4, -0.2) is 12.6 Å². The second kappa shape index (κ2) is 6.79. The van der Waals surface area contributed by atoms with Crippen LogP contribution >= 0.6 is 0 Å². The van der Waals surface area contributed by atoms with Gasteiger partial charge in [0.15, 0.2) is 0 Å². The third-order valence-corrected chi connectivity index (χ3v) is 3.79. The lowest BCUT2D eigenvalue weighted by atomic mass is 9.90. The van der Waals surface area contributed by atoms with Crippen molar-refractivity contribution < 1.29 is 4.74 Å². The molecule has 2 atom stereocenters. The fraction of sp³-hybridized carbons (Fsp3) is 0.625. The van der Waals surface area contributed by atoms with Gasteiger partial charge in [0.1, 0.15) is 5.75 Å². The van der Waals surface area contributed by atoms with Crippen LogP contribution < -0.4 is 10.5 Å². The molecule has 1 aliphatic carbocycles. The van der Waals surface area contributed by atoms with E-state index in [1.165, 1.54) is 31.2 Å². The zero-order valence-corrected chi connectivity index (χ0v) is 11.4. The topological polar surface area (TPSA) is 35.2 Å². The molecule has 0 heterocycles. The molecule has 0 saturated heterocycles. The fourth-order valence-electron chi connectivity index (χ4n) is 2.84. The van der Waals surface area contributed by atoms with Crippen LogP contribution in [0.25, 0.3) is 0 Å². The van der Waals surface area contributed by atoms with Gasteiger partial charge in [-0.05, 0) is 43.2 Å². The normalized spacial score (nSPS) is 24.6. The lowest BCUT2D eigenvalue weighted by Gasteiger charge is -2.20. The first-order chi connectivity index (χ1) is 8.81. The molecule has 2 nitrogen and oxygen atoms in total. The number of nitrogens with two attached hydrogens (primary N) is 1. The van der Waals surface area contributed by atoms with Crippen molar-refractivity contribution in [2.45, 2.75) is 57.4 Å². The first kappa shape index (κ1) is 13.4. The van der Waals surface area contributed by atoms with Crippen molar-refractivity contribution in [1.82, 2.24) is 0 Å². The lowest BCUT2D eigenvalue weighted by molar-refractivity contribution is 0.310. The van der Waals surface area contributed by atoms with E-state index in [2.05, 4.69) is 31.2 Å². The predicted octanol–water partition coefficient (Wildman–Crippen LogP) is 3.85. The van der Waals surface area contributed by atoms with Crippen LogP contribution in [0.4, 0.5) is 0 Å². The monoisotopic (exact) mass is 247 g/mol. The van der Waals surface area contributed by atoms with Crippen molar-refractivity contribution in [3.63, 3.8) is 0 Å². The average molecular weight is 247 g/mol. The molecule has 0 spiro atoms. The lowest BCUT2D eigenvalue weighted by Crippen LogP contribution is -2.21. The van der Waals surface area contributed by atoms with E-state index in [0.717, 1.165) is 25.2 Å². The Morgan fingerprint density at radius 3 is 2.83 bits per heavy atom. The van der Waals surface area contributed by atoms with E-state index in [4.69, 9.17) is 10.5 Å². The van der Waals surface area contributed by atoms with Crippen LogP contribution in [0.2, 0.25) is 0 Å². The number of rotatable bonds is 4. The van der Waals surface area contributed by atoms with Gasteiger partial charge in [0.2, 0.25) is 0 Å². The smallest absolute Gasteiger partial charge is 0.122 e. The molecule has 2 N–H and O–H groups in total. The zero-order chi connectivity index (χ0) is 12.8. The van der Waals surface area contributed by atoms with Crippen LogP contribution in [0.3, 0.4) is 0 Å². The highest BCUT2D eigenvalue weighted by atomic mass is 16.5. The van der Waals surface area contributed by atoms with Gasteiger partial charge < -0.3 is 10.5 Å². The molecule has 0 amide bonds. The summed E-state index contributed by atoms with van der Waals surface area (Å²) in [5, 5.41) is 0. The molecule has 2 heteroatoms. The Balaban J connectivity index is 2.14. The van der Waals surface area contributed by atoms with Crippen molar-refractivity contribution in [1.29, 1.82) is 0 Å². The highest BCUT2D eigenvalue weighted by molar-refractivity contribution is 5.36. The van der Waals surface area contributed by atoms with E-state index in [-0.39, 0.29) is 0 Å². The fourth-order valence-corrected chi connectivity index (χ4v) is 2.84. The van der Waals surface area contributed by atoms with Crippen molar-refractivity contribution in [2.24, 2.45) is 5.73 Å². The minimum atomic E-state index is 0.358. The summed E-state index contributed by atoms with van der Waals surface area (Å²) in [5.41, 5.74) is 7.54. The summed E-state index contributed by atoms with van der Waals surface area (Å²) >= 11 is 0. The van der Waals surface area contributed by atoms with E-state index in [0.29, 0.717) is 12.0 Å². The molecular weight excluding hydrogens is 222 g/mol. The molecule has 0 aliphatic heterocycles. The van der Waals surface area contributed by atoms with Gasteiger partial charge in [0.05, 0.1) is 6.61 Å². The summed E-state index contributed by atoms with van der Waals surface area (Å²) in [7, 11) is 0. The summed E-state index contributed by atoms with van der Waals surface area (Å²) in [4.78, 5) is 0. The van der Waals surface area contributed by atoms with Crippen LogP contribution in [0.15, 0.2) is 24.3 Å². The van der Waals surface area contributed by atoms with Crippen molar-refractivity contribution in [2.75, 3.05) is 6.61 Å². The highest BCUT2D eigenvalue weighted by Gasteiger charge is 2.21. The van der Waals surface area contributed by atoms with Crippen LogP contribution in [-0.2, 0) is 0 Å². The van der Waals surface area contributed by atoms with E-state index >= 15 is 0 Å². The Bertz CT molecular complexity index is 364. The molecule has 1 saturated carbocycles. The maximum absolute atomic E-state index is 6.17. The molecule has 0 radical (unpaired) electrons. The van der Waals surface area contributed by atoms with E-state index < -0.39 is 0 Å². The largest absolute Gasteiger partial charge is 0.493 e. The molecule has 1 aliphatic rings. The van der Waals surface area contributed by atoms with Crippen molar-refractivity contribution >= 4 is 0 Å². The first-order valence-electron chi connectivity index (χ1n) is 7.28. The number of hydrogen-bond donors (Lipinski definition) is 1. The Labute approximate surface area is 111 Å². The molecular formula is C16H25NO. The Morgan fingerprint density at radius 2 is 2.00 bits per heavy atom. The van der Waals surface area contributed by atoms with Gasteiger partial charge in [-0.3, -0.25) is 0 Å². The zero-order valence-electron chi connectivity index (χ0n) is 11.4. The number of benzene rings is 1. The Hall–Kier alpha value is -1.02. The predicted molar refractivity (Wildman–Crippen MR) is 76.0 cm³/mol. The van der Waals surface area contributed by atoms with E-state index in [1.54, 1.807) is 0 Å². The maximum Gasteiger partial charge on any atom is 0.122 e. The summed E-state index contributed by atoms with van der Waals surface area (Å²) < 4.78 is 5.87. The molecule has 100 valence electrons. The minimum Gasteiger partial charge on any atom is -0.493 e. The second-order valence-corrected chi connectivity index (χ2v) is 5.36. The van der Waals surface area contributed by atoms with Crippen molar-refractivity contribution in [3.05, 3.63) is 29.8 Å². The third-order valence-electron chi connectivity index (χ3n) is 3.79. The number of hydrogen-bond acceptors (Lipinski definition) is 2. The maximum atomic E-state index is 6.17. The summed E-state index contributed by atoms with van der Waals surface area (Å²) in [6.45, 7) is 2.94. The molecule has 18 heavy (non-hydrogen) atoms. The standard InChI is InChI=1S/C16H25NO/c1-2-11-18-16-10-6-5-9-15(16)13-7-3-4-8-14(17)12-13/h5-6,9-10,13-14H,2-4,7-8,11-12,17H2,1H3. The van der Waals surface area contributed by atoms with Crippen LogP contribution in [0, 0.1) is 0 Å². The third kappa shape index (κ3) is 3.49. The van der Waals surface area contributed by atoms with Crippen molar-refractivity contribution in [3.8, 4) is 5.75 Å². The molecule has 1 fully saturated rings. The molecule has 1 aromatic carbocycles. The van der Waals surface area contributed by atoms with Gasteiger partial charge in [-0.2, -0.15) is 0 Å². The summed E-state index contributed by atoms with van der Waals surface area (Å²) in [6, 6.07) is 8.85. The molecule has 2 rings (SSSR count). The van der Waals surface area contributed by atoms with Crippen LogP contribution in [0.5, 0.6) is 5.75 Å². The van der Waals surface area contributed by atoms with Gasteiger partial charge in [0, 0.05) is 6.04 Å². The molecule has 1 aromatic rings. The van der Waals surface area contributed by atoms with Gasteiger partial charge in [-0.15, -0.1) is 0 Å².